The fraction of sp³-hybridized carbons (Fsp3) is 0.800. The Balaban J connectivity index is 2.06. The Kier molecular flexibility index (Phi) is 2.66. The molecule has 1 aliphatic heterocycles. The highest BCUT2D eigenvalue weighted by molar-refractivity contribution is 7.98. The number of likely N-dealkylation sites (tertiary alicyclic amines) is 1. The average Bonchev–Trinajstić information content (AvgIpc) is 2.19. The molecule has 0 atom stereocenters. The molecule has 1 rings (SSSR count). The molecule has 0 aromatic carbocycles. The lowest BCUT2D eigenvalue weighted by molar-refractivity contribution is 0.450. The van der Waals surface area contributed by atoms with E-state index >= 15 is 0 Å². The Morgan fingerprint density at radius 3 is 2.50 bits per heavy atom. The van der Waals surface area contributed by atoms with E-state index in [0.29, 0.717) is 0 Å². The third kappa shape index (κ3) is 1.65. The number of hydrogen-bond donors (Lipinski definition) is 1. The Morgan fingerprint density at radius 2 is 2.00 bits per heavy atom. The maximum Gasteiger partial charge on any atom is 0.146 e. The second kappa shape index (κ2) is 3.33. The molecule has 0 unspecified atom stereocenters. The summed E-state index contributed by atoms with van der Waals surface area (Å²) in [7, 11) is 0. The third-order valence-electron chi connectivity index (χ3n) is 1.29. The third-order valence-corrected chi connectivity index (χ3v) is 1.65. The van der Waals surface area contributed by atoms with Gasteiger partial charge in [-0.05, 0) is 25.9 Å². The van der Waals surface area contributed by atoms with Gasteiger partial charge in [0.05, 0.1) is 0 Å². The molecule has 0 aromatic rings. The molecule has 0 saturated carbocycles. The molecule has 1 heterocycles. The van der Waals surface area contributed by atoms with Gasteiger partial charge in [0.2, 0.25) is 0 Å². The van der Waals surface area contributed by atoms with E-state index in [0.717, 1.165) is 13.1 Å². The minimum absolute atomic E-state index is 1.14. The van der Waals surface area contributed by atoms with E-state index in [9.17, 15) is 0 Å². The van der Waals surface area contributed by atoms with Crippen LogP contribution in [0, 0.1) is 5.88 Å². The van der Waals surface area contributed by atoms with Gasteiger partial charge in [0.25, 0.3) is 0 Å². The van der Waals surface area contributed by atoms with Crippen molar-refractivity contribution in [3.8, 4) is 0 Å². The van der Waals surface area contributed by atoms with Crippen LogP contribution in [0.15, 0.2) is 0 Å². The van der Waals surface area contributed by atoms with E-state index in [1.807, 2.05) is 0 Å². The maximum atomic E-state index is 5.17. The summed E-state index contributed by atoms with van der Waals surface area (Å²) >= 11 is 1.17. The first-order valence-corrected chi connectivity index (χ1v) is 3.68. The summed E-state index contributed by atoms with van der Waals surface area (Å²) in [5.41, 5.74) is 0. The van der Waals surface area contributed by atoms with Crippen molar-refractivity contribution in [3.05, 3.63) is 5.88 Å². The molecule has 1 aliphatic rings. The van der Waals surface area contributed by atoms with Crippen LogP contribution in [0.1, 0.15) is 12.8 Å². The van der Waals surface area contributed by atoms with Crippen molar-refractivity contribution in [2.45, 2.75) is 12.8 Å². The zero-order valence-electron chi connectivity index (χ0n) is 4.76. The van der Waals surface area contributed by atoms with Crippen LogP contribution in [0.2, 0.25) is 0 Å². The average molecular weight is 130 g/mol. The second-order valence-corrected chi connectivity index (χ2v) is 2.32. The number of nitrogens with zero attached hydrogens (tertiary/aromatic N) is 1. The van der Waals surface area contributed by atoms with E-state index < -0.39 is 0 Å². The van der Waals surface area contributed by atoms with Gasteiger partial charge in [-0.3, -0.25) is 10.0 Å². The molecule has 0 spiro atoms. The predicted octanol–water partition coefficient (Wildman–Crippen LogP) is 0.685. The van der Waals surface area contributed by atoms with E-state index in [1.165, 1.54) is 24.8 Å². The quantitative estimate of drug-likeness (QED) is 0.557. The van der Waals surface area contributed by atoms with E-state index in [2.05, 4.69) is 10.8 Å². The van der Waals surface area contributed by atoms with Gasteiger partial charge in [-0.2, -0.15) is 0 Å². The normalized spacial score (nSPS) is 22.1. The summed E-state index contributed by atoms with van der Waals surface area (Å²) in [6, 6.07) is 0. The van der Waals surface area contributed by atoms with Gasteiger partial charge in [-0.15, -0.1) is 0 Å². The Bertz CT molecular complexity index is 61.4. The van der Waals surface area contributed by atoms with Gasteiger partial charge in [0, 0.05) is 0 Å². The molecule has 8 heavy (non-hydrogen) atoms. The van der Waals surface area contributed by atoms with Gasteiger partial charge in [-0.25, -0.2) is 0 Å². The van der Waals surface area contributed by atoms with Crippen molar-refractivity contribution in [1.82, 2.24) is 4.90 Å². The molecule has 2 radical (unpaired) electrons. The molecule has 2 nitrogen and oxygen atoms in total. The SMILES string of the molecule is NS[C]N1CCCC1. The highest BCUT2D eigenvalue weighted by Gasteiger charge is 2.10. The Labute approximate surface area is 54.6 Å². The van der Waals surface area contributed by atoms with Crippen LogP contribution >= 0.6 is 11.9 Å². The fourth-order valence-corrected chi connectivity index (χ4v) is 1.21. The van der Waals surface area contributed by atoms with E-state index in [4.69, 9.17) is 5.14 Å². The fourth-order valence-electron chi connectivity index (χ4n) is 0.883. The van der Waals surface area contributed by atoms with Crippen LogP contribution < -0.4 is 5.14 Å². The molecule has 0 aliphatic carbocycles. The highest BCUT2D eigenvalue weighted by atomic mass is 32.2. The number of hydrogen-bond acceptors (Lipinski definition) is 3. The topological polar surface area (TPSA) is 29.3 Å². The standard InChI is InChI=1S/C5H10N2S/c6-8-5-7-3-1-2-4-7/h1-4,6H2. The van der Waals surface area contributed by atoms with Crippen LogP contribution in [-0.2, 0) is 0 Å². The van der Waals surface area contributed by atoms with Crippen LogP contribution in [-0.4, -0.2) is 18.0 Å². The monoisotopic (exact) mass is 130 g/mol. The lowest BCUT2D eigenvalue weighted by Crippen LogP contribution is -2.14. The summed E-state index contributed by atoms with van der Waals surface area (Å²) in [5.74, 6) is 2.97. The molecule has 1 fully saturated rings. The lowest BCUT2D eigenvalue weighted by atomic mass is 10.4. The first-order chi connectivity index (χ1) is 3.93. The second-order valence-electron chi connectivity index (χ2n) is 1.90. The molecule has 46 valence electrons. The van der Waals surface area contributed by atoms with Crippen LogP contribution in [0.4, 0.5) is 0 Å². The first kappa shape index (κ1) is 6.39. The molecule has 3 heteroatoms. The number of rotatable bonds is 2. The van der Waals surface area contributed by atoms with Crippen molar-refractivity contribution >= 4 is 11.9 Å². The zero-order chi connectivity index (χ0) is 5.82. The Hall–Kier alpha value is 0.270. The van der Waals surface area contributed by atoms with E-state index in [-0.39, 0.29) is 0 Å². The minimum Gasteiger partial charge on any atom is -0.283 e. The van der Waals surface area contributed by atoms with Crippen molar-refractivity contribution in [2.75, 3.05) is 13.1 Å². The van der Waals surface area contributed by atoms with Gasteiger partial charge in [0.1, 0.15) is 5.88 Å². The maximum absolute atomic E-state index is 5.17. The summed E-state index contributed by atoms with van der Waals surface area (Å²) in [4.78, 5) is 2.13. The summed E-state index contributed by atoms with van der Waals surface area (Å²) in [6.45, 7) is 2.29. The van der Waals surface area contributed by atoms with Crippen LogP contribution in [0.25, 0.3) is 0 Å². The largest absolute Gasteiger partial charge is 0.283 e. The molecular formula is C5H10N2S. The molecule has 0 amide bonds. The van der Waals surface area contributed by atoms with Crippen LogP contribution in [0.3, 0.4) is 0 Å². The number of nitrogens with two attached hydrogens (primary N) is 1. The summed E-state index contributed by atoms with van der Waals surface area (Å²) in [5, 5.41) is 5.17. The van der Waals surface area contributed by atoms with Gasteiger partial charge >= 0.3 is 0 Å². The Morgan fingerprint density at radius 1 is 1.38 bits per heavy atom. The van der Waals surface area contributed by atoms with Crippen molar-refractivity contribution in [2.24, 2.45) is 5.14 Å². The molecular weight excluding hydrogens is 120 g/mol. The van der Waals surface area contributed by atoms with Crippen molar-refractivity contribution in [1.29, 1.82) is 0 Å². The van der Waals surface area contributed by atoms with Crippen molar-refractivity contribution in [3.63, 3.8) is 0 Å². The van der Waals surface area contributed by atoms with E-state index in [1.54, 1.807) is 0 Å². The molecule has 2 N–H and O–H groups in total. The lowest BCUT2D eigenvalue weighted by Gasteiger charge is -2.08. The predicted molar refractivity (Wildman–Crippen MR) is 35.8 cm³/mol. The molecule has 1 saturated heterocycles. The summed E-state index contributed by atoms with van der Waals surface area (Å²) in [6.07, 6.45) is 2.60. The highest BCUT2D eigenvalue weighted by Crippen LogP contribution is 2.11. The van der Waals surface area contributed by atoms with Crippen LogP contribution in [0.5, 0.6) is 0 Å². The van der Waals surface area contributed by atoms with Gasteiger partial charge in [-0.1, -0.05) is 11.9 Å². The summed E-state index contributed by atoms with van der Waals surface area (Å²) < 4.78 is 0. The van der Waals surface area contributed by atoms with Crippen molar-refractivity contribution < 1.29 is 0 Å². The van der Waals surface area contributed by atoms with Gasteiger partial charge < -0.3 is 0 Å². The first-order valence-electron chi connectivity index (χ1n) is 2.80. The van der Waals surface area contributed by atoms with Gasteiger partial charge in [0.15, 0.2) is 0 Å². The minimum atomic E-state index is 1.14. The zero-order valence-corrected chi connectivity index (χ0v) is 5.58. The molecule has 0 aromatic heterocycles. The molecule has 0 bridgehead atoms. The smallest absolute Gasteiger partial charge is 0.146 e.